The molecule has 1 aromatic heterocycles. The number of fused-ring (bicyclic) bond motifs is 1. The molecule has 3 aromatic rings. The van der Waals surface area contributed by atoms with Crippen LogP contribution in [0.2, 0.25) is 0 Å². The Morgan fingerprint density at radius 3 is 2.37 bits per heavy atom. The van der Waals surface area contributed by atoms with Crippen LogP contribution in [0.4, 0.5) is 0 Å². The molecule has 4 heteroatoms. The number of pyridine rings is 1. The number of benzene rings is 2. The standard InChI is InChI=1S/C23H25N3O/c27-23(21-9-8-19-5-1-2-6-20(19)17-21)10-12-25-13-15-26(16-14-25)18-22-7-3-4-11-24-22/h1-9,11,17H,10,12-16,18H2. The second-order valence-corrected chi connectivity index (χ2v) is 7.17. The van der Waals surface area contributed by atoms with Crippen molar-refractivity contribution >= 4 is 16.6 Å². The van der Waals surface area contributed by atoms with Crippen molar-refractivity contribution in [1.82, 2.24) is 14.8 Å². The van der Waals surface area contributed by atoms with E-state index >= 15 is 0 Å². The van der Waals surface area contributed by atoms with Gasteiger partial charge in [-0.25, -0.2) is 0 Å². The quantitative estimate of drug-likeness (QED) is 0.630. The van der Waals surface area contributed by atoms with Gasteiger partial charge in [0.1, 0.15) is 0 Å². The highest BCUT2D eigenvalue weighted by Crippen LogP contribution is 2.17. The molecule has 0 radical (unpaired) electrons. The second-order valence-electron chi connectivity index (χ2n) is 7.17. The van der Waals surface area contributed by atoms with Gasteiger partial charge in [-0.2, -0.15) is 0 Å². The summed E-state index contributed by atoms with van der Waals surface area (Å²) in [6.45, 7) is 5.82. The molecule has 0 unspecified atom stereocenters. The monoisotopic (exact) mass is 359 g/mol. The lowest BCUT2D eigenvalue weighted by Crippen LogP contribution is -2.46. The van der Waals surface area contributed by atoms with E-state index in [4.69, 9.17) is 0 Å². The van der Waals surface area contributed by atoms with E-state index in [2.05, 4.69) is 33.0 Å². The van der Waals surface area contributed by atoms with E-state index in [9.17, 15) is 4.79 Å². The fraction of sp³-hybridized carbons (Fsp3) is 0.304. The van der Waals surface area contributed by atoms with Crippen LogP contribution in [0, 0.1) is 0 Å². The molecular weight excluding hydrogens is 334 g/mol. The number of piperazine rings is 1. The molecule has 2 aromatic carbocycles. The number of hydrogen-bond acceptors (Lipinski definition) is 4. The first kappa shape index (κ1) is 17.8. The van der Waals surface area contributed by atoms with Gasteiger partial charge < -0.3 is 4.90 Å². The van der Waals surface area contributed by atoms with Crippen molar-refractivity contribution in [2.75, 3.05) is 32.7 Å². The Morgan fingerprint density at radius 1 is 0.852 bits per heavy atom. The molecule has 4 nitrogen and oxygen atoms in total. The summed E-state index contributed by atoms with van der Waals surface area (Å²) in [5.74, 6) is 0.233. The summed E-state index contributed by atoms with van der Waals surface area (Å²) in [4.78, 5) is 21.8. The number of rotatable bonds is 6. The highest BCUT2D eigenvalue weighted by molar-refractivity contribution is 6.00. The number of nitrogens with zero attached hydrogens (tertiary/aromatic N) is 3. The largest absolute Gasteiger partial charge is 0.300 e. The number of carbonyl (C=O) groups is 1. The van der Waals surface area contributed by atoms with Crippen LogP contribution in [0.25, 0.3) is 10.8 Å². The first-order valence-corrected chi connectivity index (χ1v) is 9.64. The highest BCUT2D eigenvalue weighted by Gasteiger charge is 2.18. The van der Waals surface area contributed by atoms with Crippen molar-refractivity contribution in [3.05, 3.63) is 78.1 Å². The van der Waals surface area contributed by atoms with Gasteiger partial charge in [0.15, 0.2) is 5.78 Å². The maximum atomic E-state index is 12.6. The van der Waals surface area contributed by atoms with E-state index in [1.54, 1.807) is 0 Å². The molecule has 1 aliphatic rings. The van der Waals surface area contributed by atoms with Crippen molar-refractivity contribution in [2.24, 2.45) is 0 Å². The Hall–Kier alpha value is -2.56. The molecule has 4 rings (SSSR count). The molecule has 0 bridgehead atoms. The smallest absolute Gasteiger partial charge is 0.164 e. The van der Waals surface area contributed by atoms with Gasteiger partial charge >= 0.3 is 0 Å². The third-order valence-corrected chi connectivity index (χ3v) is 5.30. The average Bonchev–Trinajstić information content (AvgIpc) is 2.73. The summed E-state index contributed by atoms with van der Waals surface area (Å²) in [6.07, 6.45) is 2.43. The molecule has 2 heterocycles. The minimum atomic E-state index is 0.233. The zero-order valence-corrected chi connectivity index (χ0v) is 15.6. The molecule has 0 spiro atoms. The fourth-order valence-corrected chi connectivity index (χ4v) is 3.66. The van der Waals surface area contributed by atoms with Crippen LogP contribution in [0.5, 0.6) is 0 Å². The minimum Gasteiger partial charge on any atom is -0.300 e. The maximum absolute atomic E-state index is 12.6. The molecule has 1 aliphatic heterocycles. The summed E-state index contributed by atoms with van der Waals surface area (Å²) in [5.41, 5.74) is 1.94. The summed E-state index contributed by atoms with van der Waals surface area (Å²) in [6, 6.07) is 20.3. The van der Waals surface area contributed by atoms with E-state index in [1.165, 1.54) is 5.39 Å². The molecular formula is C23H25N3O. The number of ketones is 1. The normalized spacial score (nSPS) is 15.9. The second kappa shape index (κ2) is 8.42. The van der Waals surface area contributed by atoms with Gasteiger partial charge in [-0.05, 0) is 29.0 Å². The van der Waals surface area contributed by atoms with Gasteiger partial charge in [-0.15, -0.1) is 0 Å². The molecule has 0 saturated carbocycles. The lowest BCUT2D eigenvalue weighted by Gasteiger charge is -2.34. The van der Waals surface area contributed by atoms with Crippen molar-refractivity contribution < 1.29 is 4.79 Å². The molecule has 0 N–H and O–H groups in total. The fourth-order valence-electron chi connectivity index (χ4n) is 3.66. The summed E-state index contributed by atoms with van der Waals surface area (Å²) in [5, 5.41) is 2.31. The lowest BCUT2D eigenvalue weighted by molar-refractivity contribution is 0.0922. The zero-order valence-electron chi connectivity index (χ0n) is 15.6. The molecule has 0 aliphatic carbocycles. The Morgan fingerprint density at radius 2 is 1.59 bits per heavy atom. The molecule has 1 fully saturated rings. The molecule has 0 atom stereocenters. The van der Waals surface area contributed by atoms with Crippen molar-refractivity contribution in [1.29, 1.82) is 0 Å². The summed E-state index contributed by atoms with van der Waals surface area (Å²) >= 11 is 0. The van der Waals surface area contributed by atoms with Crippen LogP contribution in [0.1, 0.15) is 22.5 Å². The number of hydrogen-bond donors (Lipinski definition) is 0. The van der Waals surface area contributed by atoms with Crippen LogP contribution in [-0.4, -0.2) is 53.3 Å². The first-order chi connectivity index (χ1) is 13.3. The first-order valence-electron chi connectivity index (χ1n) is 9.64. The van der Waals surface area contributed by atoms with Crippen LogP contribution in [0.3, 0.4) is 0 Å². The van der Waals surface area contributed by atoms with Gasteiger partial charge in [0.05, 0.1) is 5.69 Å². The van der Waals surface area contributed by atoms with Gasteiger partial charge in [0.2, 0.25) is 0 Å². The van der Waals surface area contributed by atoms with Gasteiger partial charge in [0, 0.05) is 57.4 Å². The van der Waals surface area contributed by atoms with Crippen LogP contribution in [0.15, 0.2) is 66.9 Å². The molecule has 27 heavy (non-hydrogen) atoms. The van der Waals surface area contributed by atoms with Gasteiger partial charge in [0.25, 0.3) is 0 Å². The third kappa shape index (κ3) is 4.59. The molecule has 1 saturated heterocycles. The van der Waals surface area contributed by atoms with E-state index in [0.29, 0.717) is 6.42 Å². The average molecular weight is 359 g/mol. The Balaban J connectivity index is 1.26. The Labute approximate surface area is 160 Å². The van der Waals surface area contributed by atoms with Crippen molar-refractivity contribution in [2.45, 2.75) is 13.0 Å². The lowest BCUT2D eigenvalue weighted by atomic mass is 10.0. The third-order valence-electron chi connectivity index (χ3n) is 5.30. The van der Waals surface area contributed by atoms with Crippen LogP contribution in [-0.2, 0) is 6.54 Å². The summed E-state index contributed by atoms with van der Waals surface area (Å²) in [7, 11) is 0. The van der Waals surface area contributed by atoms with E-state index in [1.807, 2.05) is 48.7 Å². The minimum absolute atomic E-state index is 0.233. The maximum Gasteiger partial charge on any atom is 0.164 e. The number of Topliss-reactive ketones (excluding diaryl/α,β-unsaturated/α-hetero) is 1. The predicted octanol–water partition coefficient (Wildman–Crippen LogP) is 3.63. The number of aromatic nitrogens is 1. The van der Waals surface area contributed by atoms with E-state index in [0.717, 1.165) is 55.9 Å². The van der Waals surface area contributed by atoms with Crippen molar-refractivity contribution in [3.8, 4) is 0 Å². The van der Waals surface area contributed by atoms with Gasteiger partial charge in [-0.3, -0.25) is 14.7 Å². The predicted molar refractivity (Wildman–Crippen MR) is 109 cm³/mol. The van der Waals surface area contributed by atoms with Crippen LogP contribution >= 0.6 is 0 Å². The van der Waals surface area contributed by atoms with Crippen LogP contribution < -0.4 is 0 Å². The van der Waals surface area contributed by atoms with E-state index < -0.39 is 0 Å². The Bertz CT molecular complexity index is 902. The van der Waals surface area contributed by atoms with Crippen molar-refractivity contribution in [3.63, 3.8) is 0 Å². The van der Waals surface area contributed by atoms with Gasteiger partial charge in [-0.1, -0.05) is 42.5 Å². The topological polar surface area (TPSA) is 36.4 Å². The highest BCUT2D eigenvalue weighted by atomic mass is 16.1. The number of carbonyl (C=O) groups excluding carboxylic acids is 1. The van der Waals surface area contributed by atoms with E-state index in [-0.39, 0.29) is 5.78 Å². The molecule has 138 valence electrons. The Kier molecular flexibility index (Phi) is 5.56. The summed E-state index contributed by atoms with van der Waals surface area (Å²) < 4.78 is 0. The SMILES string of the molecule is O=C(CCN1CCN(Cc2ccccn2)CC1)c1ccc2ccccc2c1. The molecule has 0 amide bonds. The zero-order chi connectivity index (χ0) is 18.5.